The number of carbonyl (C=O) groups excluding carboxylic acids is 3. The monoisotopic (exact) mass is 442 g/mol. The van der Waals surface area contributed by atoms with E-state index in [1.54, 1.807) is 46.0 Å². The summed E-state index contributed by atoms with van der Waals surface area (Å²) in [5.41, 5.74) is -0.284. The van der Waals surface area contributed by atoms with Gasteiger partial charge in [-0.15, -0.1) is 0 Å². The van der Waals surface area contributed by atoms with Crippen LogP contribution in [0.25, 0.3) is 0 Å². The number of anilines is 1. The number of carbonyl (C=O) groups is 3. The van der Waals surface area contributed by atoms with E-state index < -0.39 is 29.9 Å². The van der Waals surface area contributed by atoms with Gasteiger partial charge in [-0.3, -0.25) is 9.78 Å². The summed E-state index contributed by atoms with van der Waals surface area (Å²) >= 11 is 0. The molecule has 0 aliphatic carbocycles. The van der Waals surface area contributed by atoms with Crippen molar-refractivity contribution in [1.29, 1.82) is 0 Å². The van der Waals surface area contributed by atoms with E-state index in [9.17, 15) is 14.4 Å². The SMILES string of the molecule is CN(CCN(C)C(=O)OC(C)(C)C)C(=O)OC1c2nccnc2C(=O)N1c1ccccn1. The molecule has 3 amide bonds. The minimum Gasteiger partial charge on any atom is -0.444 e. The van der Waals surface area contributed by atoms with Crippen LogP contribution in [-0.2, 0) is 9.47 Å². The van der Waals surface area contributed by atoms with Crippen LogP contribution in [0.4, 0.5) is 15.4 Å². The summed E-state index contributed by atoms with van der Waals surface area (Å²) in [6.45, 7) is 5.74. The first kappa shape index (κ1) is 22.9. The maximum atomic E-state index is 12.9. The molecule has 1 aliphatic heterocycles. The first-order valence-corrected chi connectivity index (χ1v) is 10.00. The Morgan fingerprint density at radius 1 is 1.00 bits per heavy atom. The molecule has 0 saturated heterocycles. The highest BCUT2D eigenvalue weighted by Gasteiger charge is 2.44. The number of fused-ring (bicyclic) bond motifs is 1. The number of aromatic nitrogens is 3. The van der Waals surface area contributed by atoms with Crippen LogP contribution in [0, 0.1) is 0 Å². The summed E-state index contributed by atoms with van der Waals surface area (Å²) < 4.78 is 10.9. The molecule has 0 radical (unpaired) electrons. The van der Waals surface area contributed by atoms with Crippen molar-refractivity contribution in [2.45, 2.75) is 32.6 Å². The van der Waals surface area contributed by atoms with Crippen molar-refractivity contribution in [3.63, 3.8) is 0 Å². The van der Waals surface area contributed by atoms with Gasteiger partial charge in [0.05, 0.1) is 0 Å². The highest BCUT2D eigenvalue weighted by molar-refractivity contribution is 6.08. The van der Waals surface area contributed by atoms with Crippen molar-refractivity contribution in [2.24, 2.45) is 0 Å². The average molecular weight is 442 g/mol. The summed E-state index contributed by atoms with van der Waals surface area (Å²) in [7, 11) is 3.11. The smallest absolute Gasteiger partial charge is 0.411 e. The summed E-state index contributed by atoms with van der Waals surface area (Å²) in [6.07, 6.45) is 2.06. The number of hydrogen-bond acceptors (Lipinski definition) is 8. The zero-order chi connectivity index (χ0) is 23.5. The van der Waals surface area contributed by atoms with Crippen LogP contribution < -0.4 is 4.90 Å². The fourth-order valence-electron chi connectivity index (χ4n) is 2.87. The van der Waals surface area contributed by atoms with Gasteiger partial charge in [0.2, 0.25) is 6.23 Å². The standard InChI is InChI=1S/C21H26N6O5/c1-21(2,3)32-20(30)26(5)13-12-25(4)19(29)31-18-16-15(23-10-11-24-16)17(28)27(18)14-8-6-7-9-22-14/h6-11,18H,12-13H2,1-5H3. The van der Waals surface area contributed by atoms with Crippen molar-refractivity contribution >= 4 is 23.9 Å². The molecule has 3 heterocycles. The first-order valence-electron chi connectivity index (χ1n) is 10.00. The van der Waals surface area contributed by atoms with Gasteiger partial charge < -0.3 is 19.3 Å². The Balaban J connectivity index is 1.69. The van der Waals surface area contributed by atoms with E-state index in [4.69, 9.17) is 9.47 Å². The van der Waals surface area contributed by atoms with Gasteiger partial charge in [0.15, 0.2) is 5.69 Å². The zero-order valence-corrected chi connectivity index (χ0v) is 18.7. The molecule has 11 heteroatoms. The van der Waals surface area contributed by atoms with Crippen molar-refractivity contribution in [2.75, 3.05) is 32.1 Å². The largest absolute Gasteiger partial charge is 0.444 e. The topological polar surface area (TPSA) is 118 Å². The molecule has 1 unspecified atom stereocenters. The molecular weight excluding hydrogens is 416 g/mol. The van der Waals surface area contributed by atoms with Gasteiger partial charge in [0.1, 0.15) is 17.1 Å². The Hall–Kier alpha value is -3.76. The van der Waals surface area contributed by atoms with Crippen molar-refractivity contribution in [3.8, 4) is 0 Å². The number of amides is 3. The third-order valence-electron chi connectivity index (χ3n) is 4.51. The van der Waals surface area contributed by atoms with Crippen molar-refractivity contribution < 1.29 is 23.9 Å². The van der Waals surface area contributed by atoms with E-state index in [0.29, 0.717) is 5.82 Å². The van der Waals surface area contributed by atoms with Gasteiger partial charge >= 0.3 is 12.2 Å². The number of rotatable bonds is 5. The molecule has 1 aliphatic rings. The normalized spacial score (nSPS) is 15.2. The molecule has 2 aromatic rings. The second-order valence-electron chi connectivity index (χ2n) is 8.21. The molecule has 32 heavy (non-hydrogen) atoms. The van der Waals surface area contributed by atoms with E-state index in [-0.39, 0.29) is 24.5 Å². The van der Waals surface area contributed by atoms with E-state index in [1.165, 1.54) is 40.3 Å². The van der Waals surface area contributed by atoms with Crippen LogP contribution in [-0.4, -0.2) is 75.6 Å². The molecule has 11 nitrogen and oxygen atoms in total. The lowest BCUT2D eigenvalue weighted by Gasteiger charge is -2.28. The maximum Gasteiger partial charge on any atom is 0.411 e. The van der Waals surface area contributed by atoms with Gasteiger partial charge in [-0.1, -0.05) is 6.07 Å². The molecule has 0 spiro atoms. The van der Waals surface area contributed by atoms with Gasteiger partial charge in [0, 0.05) is 45.8 Å². The summed E-state index contributed by atoms with van der Waals surface area (Å²) in [5, 5.41) is 0. The van der Waals surface area contributed by atoms with Crippen molar-refractivity contribution in [3.05, 3.63) is 48.2 Å². The van der Waals surface area contributed by atoms with Gasteiger partial charge in [-0.2, -0.15) is 0 Å². The third-order valence-corrected chi connectivity index (χ3v) is 4.51. The Bertz CT molecular complexity index is 994. The van der Waals surface area contributed by atoms with Crippen LogP contribution >= 0.6 is 0 Å². The van der Waals surface area contributed by atoms with E-state index in [0.717, 1.165) is 0 Å². The fraction of sp³-hybridized carbons (Fsp3) is 0.429. The lowest BCUT2D eigenvalue weighted by Crippen LogP contribution is -2.41. The molecule has 0 N–H and O–H groups in total. The zero-order valence-electron chi connectivity index (χ0n) is 18.7. The van der Waals surface area contributed by atoms with Gasteiger partial charge in [0.25, 0.3) is 5.91 Å². The van der Waals surface area contributed by atoms with Gasteiger partial charge in [-0.25, -0.2) is 24.5 Å². The number of likely N-dealkylation sites (N-methyl/N-ethyl adjacent to an activating group) is 2. The highest BCUT2D eigenvalue weighted by atomic mass is 16.6. The lowest BCUT2D eigenvalue weighted by molar-refractivity contribution is 0.0270. The third kappa shape index (κ3) is 5.10. The summed E-state index contributed by atoms with van der Waals surface area (Å²) in [5.74, 6) is -0.153. The van der Waals surface area contributed by atoms with Crippen LogP contribution in [0.15, 0.2) is 36.8 Å². The Kier molecular flexibility index (Phi) is 6.56. The van der Waals surface area contributed by atoms with E-state index in [1.807, 2.05) is 0 Å². The molecule has 2 aromatic heterocycles. The second-order valence-corrected chi connectivity index (χ2v) is 8.21. The van der Waals surface area contributed by atoms with E-state index >= 15 is 0 Å². The summed E-state index contributed by atoms with van der Waals surface area (Å²) in [6, 6.07) is 5.06. The molecule has 1 atom stereocenters. The molecule has 3 rings (SSSR count). The van der Waals surface area contributed by atoms with E-state index in [2.05, 4.69) is 15.0 Å². The Morgan fingerprint density at radius 3 is 2.28 bits per heavy atom. The lowest BCUT2D eigenvalue weighted by atomic mass is 10.2. The van der Waals surface area contributed by atoms with Crippen LogP contribution in [0.3, 0.4) is 0 Å². The number of hydrogen-bond donors (Lipinski definition) is 0. The number of nitrogens with zero attached hydrogens (tertiary/aromatic N) is 6. The van der Waals surface area contributed by atoms with Crippen LogP contribution in [0.5, 0.6) is 0 Å². The quantitative estimate of drug-likeness (QED) is 0.693. The fourth-order valence-corrected chi connectivity index (χ4v) is 2.87. The maximum absolute atomic E-state index is 12.9. The number of ether oxygens (including phenoxy) is 2. The van der Waals surface area contributed by atoms with Crippen molar-refractivity contribution in [1.82, 2.24) is 24.8 Å². The predicted molar refractivity (Wildman–Crippen MR) is 114 cm³/mol. The predicted octanol–water partition coefficient (Wildman–Crippen LogP) is 2.47. The highest BCUT2D eigenvalue weighted by Crippen LogP contribution is 2.35. The molecule has 170 valence electrons. The summed E-state index contributed by atoms with van der Waals surface area (Å²) in [4.78, 5) is 54.1. The first-order chi connectivity index (χ1) is 15.1. The molecule has 0 saturated carbocycles. The second kappa shape index (κ2) is 9.16. The molecule has 0 bridgehead atoms. The molecular formula is C21H26N6O5. The minimum absolute atomic E-state index is 0.100. The Morgan fingerprint density at radius 2 is 1.66 bits per heavy atom. The minimum atomic E-state index is -1.11. The van der Waals surface area contributed by atoms with Crippen LogP contribution in [0.2, 0.25) is 0 Å². The average Bonchev–Trinajstić information content (AvgIpc) is 3.03. The Labute approximate surface area is 186 Å². The number of pyridine rings is 1. The van der Waals surface area contributed by atoms with Gasteiger partial charge in [-0.05, 0) is 32.9 Å². The molecule has 0 fully saturated rings. The van der Waals surface area contributed by atoms with Crippen LogP contribution in [0.1, 0.15) is 43.2 Å². The molecule has 0 aromatic carbocycles.